The molecule has 0 radical (unpaired) electrons. The van der Waals surface area contributed by atoms with Crippen molar-refractivity contribution in [3.8, 4) is 0 Å². The van der Waals surface area contributed by atoms with Crippen LogP contribution in [0.15, 0.2) is 18.2 Å². The van der Waals surface area contributed by atoms with Gasteiger partial charge in [-0.05, 0) is 12.1 Å². The number of carbonyl (C=O) groups excluding carboxylic acids is 2. The van der Waals surface area contributed by atoms with Crippen LogP contribution in [-0.2, 0) is 4.79 Å². The number of nitrogens with two attached hydrogens (primary N) is 1. The molecule has 0 saturated carbocycles. The number of piperazine rings is 1. The molecule has 2 amide bonds. The van der Waals surface area contributed by atoms with Crippen molar-refractivity contribution in [3.63, 3.8) is 0 Å². The van der Waals surface area contributed by atoms with Gasteiger partial charge in [-0.25, -0.2) is 8.78 Å². The van der Waals surface area contributed by atoms with E-state index in [-0.39, 0.29) is 12.1 Å². The molecule has 20 heavy (non-hydrogen) atoms. The zero-order valence-electron chi connectivity index (χ0n) is 10.8. The third-order valence-corrected chi connectivity index (χ3v) is 3.15. The van der Waals surface area contributed by atoms with E-state index in [4.69, 9.17) is 5.73 Å². The lowest BCUT2D eigenvalue weighted by molar-refractivity contribution is -0.119. The third kappa shape index (κ3) is 3.51. The average Bonchev–Trinajstić information content (AvgIpc) is 2.37. The Bertz CT molecular complexity index is 508. The van der Waals surface area contributed by atoms with Crippen LogP contribution in [0.2, 0.25) is 0 Å². The second-order valence-corrected chi connectivity index (χ2v) is 4.69. The first kappa shape index (κ1) is 14.4. The molecule has 7 heteroatoms. The van der Waals surface area contributed by atoms with E-state index in [0.29, 0.717) is 26.2 Å². The van der Waals surface area contributed by atoms with Gasteiger partial charge in [-0.3, -0.25) is 14.5 Å². The Labute approximate surface area is 114 Å². The van der Waals surface area contributed by atoms with Gasteiger partial charge in [0.25, 0.3) is 5.91 Å². The summed E-state index contributed by atoms with van der Waals surface area (Å²) in [5.41, 5.74) is 5.09. The third-order valence-electron chi connectivity index (χ3n) is 3.15. The van der Waals surface area contributed by atoms with E-state index in [1.807, 2.05) is 4.90 Å². The fourth-order valence-electron chi connectivity index (χ4n) is 2.19. The van der Waals surface area contributed by atoms with Crippen LogP contribution in [0.3, 0.4) is 0 Å². The van der Waals surface area contributed by atoms with Gasteiger partial charge in [0.15, 0.2) is 0 Å². The van der Waals surface area contributed by atoms with Gasteiger partial charge in [-0.15, -0.1) is 0 Å². The predicted octanol–water partition coefficient (Wildman–Crippen LogP) is 0.208. The Kier molecular flexibility index (Phi) is 4.29. The molecule has 108 valence electrons. The topological polar surface area (TPSA) is 66.6 Å². The van der Waals surface area contributed by atoms with Crippen molar-refractivity contribution in [1.82, 2.24) is 9.80 Å². The lowest BCUT2D eigenvalue weighted by Gasteiger charge is -2.34. The van der Waals surface area contributed by atoms with Crippen LogP contribution in [0.5, 0.6) is 0 Å². The van der Waals surface area contributed by atoms with Crippen molar-refractivity contribution in [2.45, 2.75) is 0 Å². The highest BCUT2D eigenvalue weighted by Crippen LogP contribution is 2.12. The van der Waals surface area contributed by atoms with Crippen LogP contribution in [-0.4, -0.2) is 54.3 Å². The Morgan fingerprint density at radius 2 is 1.60 bits per heavy atom. The largest absolute Gasteiger partial charge is 0.369 e. The summed E-state index contributed by atoms with van der Waals surface area (Å²) in [5.74, 6) is -2.39. The number of benzene rings is 1. The first-order valence-electron chi connectivity index (χ1n) is 6.22. The highest BCUT2D eigenvalue weighted by atomic mass is 19.1. The highest BCUT2D eigenvalue weighted by Gasteiger charge is 2.23. The summed E-state index contributed by atoms with van der Waals surface area (Å²) in [6, 6.07) is 2.75. The maximum atomic E-state index is 13.1. The van der Waals surface area contributed by atoms with E-state index in [1.54, 1.807) is 0 Å². The zero-order valence-corrected chi connectivity index (χ0v) is 10.8. The first-order valence-corrected chi connectivity index (χ1v) is 6.22. The number of halogens is 2. The summed E-state index contributed by atoms with van der Waals surface area (Å²) < 4.78 is 26.2. The van der Waals surface area contributed by atoms with Crippen LogP contribution < -0.4 is 5.73 Å². The molecule has 1 saturated heterocycles. The summed E-state index contributed by atoms with van der Waals surface area (Å²) in [4.78, 5) is 26.2. The highest BCUT2D eigenvalue weighted by molar-refractivity contribution is 5.94. The molecule has 5 nitrogen and oxygen atoms in total. The number of hydrogen-bond donors (Lipinski definition) is 1. The van der Waals surface area contributed by atoms with Gasteiger partial charge in [-0.2, -0.15) is 0 Å². The molecule has 1 aromatic rings. The van der Waals surface area contributed by atoms with Crippen molar-refractivity contribution >= 4 is 11.8 Å². The van der Waals surface area contributed by atoms with Crippen LogP contribution in [0.1, 0.15) is 10.4 Å². The lowest BCUT2D eigenvalue weighted by Crippen LogP contribution is -2.50. The molecule has 1 aliphatic rings. The van der Waals surface area contributed by atoms with E-state index < -0.39 is 23.4 Å². The Balaban J connectivity index is 1.99. The average molecular weight is 283 g/mol. The zero-order chi connectivity index (χ0) is 14.7. The standard InChI is InChI=1S/C13H15F2N3O2/c14-10-5-9(6-11(15)7-10)13(20)18-3-1-17(2-4-18)8-12(16)19/h5-7H,1-4,8H2,(H2,16,19). The Hall–Kier alpha value is -2.02. The summed E-state index contributed by atoms with van der Waals surface area (Å²) in [6.45, 7) is 1.95. The van der Waals surface area contributed by atoms with Crippen molar-refractivity contribution in [3.05, 3.63) is 35.4 Å². The quantitative estimate of drug-likeness (QED) is 0.862. The van der Waals surface area contributed by atoms with Crippen molar-refractivity contribution in [2.24, 2.45) is 5.73 Å². The summed E-state index contributed by atoms with van der Waals surface area (Å²) >= 11 is 0. The van der Waals surface area contributed by atoms with Gasteiger partial charge in [-0.1, -0.05) is 0 Å². The van der Waals surface area contributed by atoms with Gasteiger partial charge >= 0.3 is 0 Å². The van der Waals surface area contributed by atoms with E-state index in [1.165, 1.54) is 4.90 Å². The number of amides is 2. The van der Waals surface area contributed by atoms with Gasteiger partial charge in [0.1, 0.15) is 11.6 Å². The van der Waals surface area contributed by atoms with Gasteiger partial charge in [0, 0.05) is 37.8 Å². The van der Waals surface area contributed by atoms with Gasteiger partial charge in [0.2, 0.25) is 5.91 Å². The van der Waals surface area contributed by atoms with Crippen molar-refractivity contribution in [2.75, 3.05) is 32.7 Å². The van der Waals surface area contributed by atoms with Crippen LogP contribution in [0.25, 0.3) is 0 Å². The van der Waals surface area contributed by atoms with E-state index in [2.05, 4.69) is 0 Å². The second-order valence-electron chi connectivity index (χ2n) is 4.69. The number of carbonyl (C=O) groups is 2. The smallest absolute Gasteiger partial charge is 0.254 e. The van der Waals surface area contributed by atoms with Gasteiger partial charge in [0.05, 0.1) is 6.54 Å². The van der Waals surface area contributed by atoms with E-state index in [9.17, 15) is 18.4 Å². The fourth-order valence-corrected chi connectivity index (χ4v) is 2.19. The Morgan fingerprint density at radius 3 is 2.10 bits per heavy atom. The second kappa shape index (κ2) is 5.96. The molecular formula is C13H15F2N3O2. The SMILES string of the molecule is NC(=O)CN1CCN(C(=O)c2cc(F)cc(F)c2)CC1. The Morgan fingerprint density at radius 1 is 1.05 bits per heavy atom. The molecule has 1 aromatic carbocycles. The molecular weight excluding hydrogens is 268 g/mol. The predicted molar refractivity (Wildman–Crippen MR) is 67.9 cm³/mol. The maximum absolute atomic E-state index is 13.1. The fraction of sp³-hybridized carbons (Fsp3) is 0.385. The number of nitrogens with zero attached hydrogens (tertiary/aromatic N) is 2. The van der Waals surface area contributed by atoms with Crippen molar-refractivity contribution < 1.29 is 18.4 Å². The maximum Gasteiger partial charge on any atom is 0.254 e. The molecule has 2 rings (SSSR count). The molecule has 0 atom stereocenters. The van der Waals surface area contributed by atoms with Crippen LogP contribution >= 0.6 is 0 Å². The minimum absolute atomic E-state index is 0.00847. The minimum Gasteiger partial charge on any atom is -0.369 e. The summed E-state index contributed by atoms with van der Waals surface area (Å²) in [7, 11) is 0. The van der Waals surface area contributed by atoms with Crippen molar-refractivity contribution in [1.29, 1.82) is 0 Å². The lowest BCUT2D eigenvalue weighted by atomic mass is 10.1. The van der Waals surface area contributed by atoms with E-state index >= 15 is 0 Å². The molecule has 0 bridgehead atoms. The first-order chi connectivity index (χ1) is 9.45. The van der Waals surface area contributed by atoms with Crippen LogP contribution in [0.4, 0.5) is 8.78 Å². The molecule has 0 aromatic heterocycles. The molecule has 0 unspecified atom stereocenters. The molecule has 1 heterocycles. The number of primary amides is 1. The molecule has 0 aliphatic carbocycles. The number of hydrogen-bond acceptors (Lipinski definition) is 3. The summed E-state index contributed by atoms with van der Waals surface area (Å²) in [5, 5.41) is 0. The van der Waals surface area contributed by atoms with E-state index in [0.717, 1.165) is 18.2 Å². The monoisotopic (exact) mass is 283 g/mol. The number of rotatable bonds is 3. The molecule has 1 fully saturated rings. The molecule has 0 spiro atoms. The normalized spacial score (nSPS) is 16.2. The molecule has 1 aliphatic heterocycles. The van der Waals surface area contributed by atoms with Gasteiger partial charge < -0.3 is 10.6 Å². The molecule has 2 N–H and O–H groups in total. The minimum atomic E-state index is -0.777. The van der Waals surface area contributed by atoms with Crippen LogP contribution in [0, 0.1) is 11.6 Å². The summed E-state index contributed by atoms with van der Waals surface area (Å²) in [6.07, 6.45) is 0.